The molecule has 0 radical (unpaired) electrons. The number of benzene rings is 2. The van der Waals surface area contributed by atoms with Gasteiger partial charge in [0.25, 0.3) is 11.8 Å². The monoisotopic (exact) mass is 414 g/mol. The van der Waals surface area contributed by atoms with Crippen molar-refractivity contribution >= 4 is 46.2 Å². The average Bonchev–Trinajstić information content (AvgIpc) is 2.95. The van der Waals surface area contributed by atoms with E-state index in [-0.39, 0.29) is 4.32 Å². The zero-order valence-electron chi connectivity index (χ0n) is 15.5. The van der Waals surface area contributed by atoms with Gasteiger partial charge in [0.1, 0.15) is 11.5 Å². The molecule has 2 aromatic carbocycles. The Bertz CT molecular complexity index is 971. The van der Waals surface area contributed by atoms with Crippen LogP contribution in [0.2, 0.25) is 0 Å². The van der Waals surface area contributed by atoms with E-state index >= 15 is 0 Å². The minimum Gasteiger partial charge on any atom is -0.497 e. The van der Waals surface area contributed by atoms with Crippen molar-refractivity contribution in [2.24, 2.45) is 0 Å². The van der Waals surface area contributed by atoms with E-state index in [1.165, 1.54) is 0 Å². The van der Waals surface area contributed by atoms with E-state index in [1.54, 1.807) is 50.6 Å². The van der Waals surface area contributed by atoms with Gasteiger partial charge in [-0.3, -0.25) is 15.0 Å². The Morgan fingerprint density at radius 3 is 2.50 bits per heavy atom. The second-order valence-corrected chi connectivity index (χ2v) is 7.61. The second-order valence-electron chi connectivity index (χ2n) is 5.93. The Hall–Kier alpha value is -2.84. The molecule has 1 aliphatic rings. The molecule has 6 nitrogen and oxygen atoms in total. The molecule has 1 fully saturated rings. The summed E-state index contributed by atoms with van der Waals surface area (Å²) < 4.78 is 10.8. The molecule has 0 spiro atoms. The van der Waals surface area contributed by atoms with E-state index in [1.807, 2.05) is 19.1 Å². The highest BCUT2D eigenvalue weighted by molar-refractivity contribution is 8.26. The van der Waals surface area contributed by atoms with Crippen LogP contribution in [0, 0.1) is 6.92 Å². The van der Waals surface area contributed by atoms with Crippen molar-refractivity contribution in [2.45, 2.75) is 6.92 Å². The van der Waals surface area contributed by atoms with Crippen molar-refractivity contribution in [1.82, 2.24) is 10.4 Å². The van der Waals surface area contributed by atoms with Crippen LogP contribution >= 0.6 is 24.0 Å². The van der Waals surface area contributed by atoms with Crippen molar-refractivity contribution in [3.63, 3.8) is 0 Å². The number of thiocarbonyl (C=S) groups is 1. The van der Waals surface area contributed by atoms with E-state index in [0.717, 1.165) is 22.3 Å². The Labute approximate surface area is 172 Å². The molecule has 2 aromatic rings. The van der Waals surface area contributed by atoms with E-state index < -0.39 is 11.8 Å². The lowest BCUT2D eigenvalue weighted by Gasteiger charge is -2.15. The summed E-state index contributed by atoms with van der Waals surface area (Å²) in [7, 11) is 3.11. The topological polar surface area (TPSA) is 67.9 Å². The largest absolute Gasteiger partial charge is 0.497 e. The maximum absolute atomic E-state index is 12.8. The normalized spacial score (nSPS) is 15.1. The van der Waals surface area contributed by atoms with Crippen molar-refractivity contribution in [1.29, 1.82) is 0 Å². The van der Waals surface area contributed by atoms with Crippen LogP contribution in [0.3, 0.4) is 0 Å². The highest BCUT2D eigenvalue weighted by Crippen LogP contribution is 2.34. The predicted octanol–water partition coefficient (Wildman–Crippen LogP) is 3.56. The van der Waals surface area contributed by atoms with Gasteiger partial charge in [0.2, 0.25) is 0 Å². The van der Waals surface area contributed by atoms with Crippen LogP contribution in [0.4, 0.5) is 0 Å². The molecule has 8 heteroatoms. The summed E-state index contributed by atoms with van der Waals surface area (Å²) >= 11 is 6.37. The van der Waals surface area contributed by atoms with Crippen molar-refractivity contribution in [3.05, 3.63) is 64.1 Å². The minimum absolute atomic E-state index is 0.249. The number of nitrogens with zero attached hydrogens (tertiary/aromatic N) is 1. The Morgan fingerprint density at radius 2 is 1.86 bits per heavy atom. The molecule has 0 unspecified atom stereocenters. The Balaban J connectivity index is 1.82. The number of hydrazine groups is 1. The Morgan fingerprint density at radius 1 is 1.14 bits per heavy atom. The number of carbonyl (C=O) groups is 2. The number of ether oxygens (including phenoxy) is 2. The highest BCUT2D eigenvalue weighted by atomic mass is 32.2. The van der Waals surface area contributed by atoms with Gasteiger partial charge in [-0.25, -0.2) is 0 Å². The summed E-state index contributed by atoms with van der Waals surface area (Å²) in [5, 5.41) is 1.08. The van der Waals surface area contributed by atoms with Crippen LogP contribution in [0.1, 0.15) is 21.5 Å². The number of amides is 2. The number of carbonyl (C=O) groups excluding carboxylic acids is 2. The van der Waals surface area contributed by atoms with Gasteiger partial charge >= 0.3 is 0 Å². The SMILES string of the molecule is COc1ccc(OC)c(C=C2SC(=S)N(NC(=O)c3ccc(C)cc3)C2=O)c1. The molecular formula is C20H18N2O4S2. The summed E-state index contributed by atoms with van der Waals surface area (Å²) in [6.45, 7) is 1.93. The van der Waals surface area contributed by atoms with Gasteiger partial charge in [0.05, 0.1) is 19.1 Å². The molecule has 1 saturated heterocycles. The summed E-state index contributed by atoms with van der Waals surface area (Å²) in [6.07, 6.45) is 1.67. The minimum atomic E-state index is -0.406. The smallest absolute Gasteiger partial charge is 0.285 e. The Kier molecular flexibility index (Phi) is 6.01. The molecule has 0 aliphatic carbocycles. The number of aryl methyl sites for hydroxylation is 1. The summed E-state index contributed by atoms with van der Waals surface area (Å²) in [4.78, 5) is 25.6. The second kappa shape index (κ2) is 8.45. The third kappa shape index (κ3) is 4.18. The third-order valence-electron chi connectivity index (χ3n) is 4.04. The first-order valence-electron chi connectivity index (χ1n) is 8.30. The number of hydrogen-bond acceptors (Lipinski definition) is 6. The lowest BCUT2D eigenvalue weighted by atomic mass is 10.1. The number of thioether (sulfide) groups is 1. The quantitative estimate of drug-likeness (QED) is 0.596. The molecule has 0 aromatic heterocycles. The van der Waals surface area contributed by atoms with Gasteiger partial charge in [0.15, 0.2) is 4.32 Å². The van der Waals surface area contributed by atoms with E-state index in [0.29, 0.717) is 27.5 Å². The van der Waals surface area contributed by atoms with Crippen LogP contribution in [-0.4, -0.2) is 35.4 Å². The maximum Gasteiger partial charge on any atom is 0.285 e. The van der Waals surface area contributed by atoms with Crippen LogP contribution < -0.4 is 14.9 Å². The molecule has 0 atom stereocenters. The predicted molar refractivity (Wildman–Crippen MR) is 113 cm³/mol. The molecular weight excluding hydrogens is 396 g/mol. The van der Waals surface area contributed by atoms with E-state index in [4.69, 9.17) is 21.7 Å². The van der Waals surface area contributed by atoms with Crippen LogP contribution in [-0.2, 0) is 4.79 Å². The molecule has 1 aliphatic heterocycles. The summed E-state index contributed by atoms with van der Waals surface area (Å²) in [5.74, 6) is 0.418. The number of hydrogen-bond donors (Lipinski definition) is 1. The first-order chi connectivity index (χ1) is 13.4. The van der Waals surface area contributed by atoms with Crippen molar-refractivity contribution in [2.75, 3.05) is 14.2 Å². The first-order valence-corrected chi connectivity index (χ1v) is 9.53. The van der Waals surface area contributed by atoms with Crippen LogP contribution in [0.15, 0.2) is 47.4 Å². The van der Waals surface area contributed by atoms with Gasteiger partial charge in [-0.1, -0.05) is 29.5 Å². The van der Waals surface area contributed by atoms with Gasteiger partial charge in [-0.05, 0) is 55.5 Å². The molecule has 2 amide bonds. The molecule has 144 valence electrons. The van der Waals surface area contributed by atoms with Crippen LogP contribution in [0.5, 0.6) is 11.5 Å². The molecule has 1 N–H and O–H groups in total. The number of nitrogens with one attached hydrogen (secondary N) is 1. The zero-order chi connectivity index (χ0) is 20.3. The summed E-state index contributed by atoms with van der Waals surface area (Å²) in [6, 6.07) is 12.3. The van der Waals surface area contributed by atoms with E-state index in [9.17, 15) is 9.59 Å². The lowest BCUT2D eigenvalue weighted by Crippen LogP contribution is -2.44. The van der Waals surface area contributed by atoms with Gasteiger partial charge < -0.3 is 9.47 Å². The third-order valence-corrected chi connectivity index (χ3v) is 5.35. The van der Waals surface area contributed by atoms with Crippen molar-refractivity contribution < 1.29 is 19.1 Å². The number of rotatable bonds is 5. The molecule has 3 rings (SSSR count). The standard InChI is InChI=1S/C20H18N2O4S2/c1-12-4-6-13(7-5-12)18(23)21-22-19(24)17(28-20(22)27)11-14-10-15(25-2)8-9-16(14)26-3/h4-11H,1-3H3,(H,21,23). The fraction of sp³-hybridized carbons (Fsp3) is 0.150. The van der Waals surface area contributed by atoms with E-state index in [2.05, 4.69) is 5.43 Å². The van der Waals surface area contributed by atoms with Gasteiger partial charge in [-0.2, -0.15) is 5.01 Å². The molecule has 1 heterocycles. The first kappa shape index (κ1) is 19.9. The summed E-state index contributed by atoms with van der Waals surface area (Å²) in [5.41, 5.74) is 4.72. The zero-order valence-corrected chi connectivity index (χ0v) is 17.1. The fourth-order valence-electron chi connectivity index (χ4n) is 2.53. The molecule has 0 saturated carbocycles. The fourth-order valence-corrected chi connectivity index (χ4v) is 3.70. The van der Waals surface area contributed by atoms with Gasteiger partial charge in [0, 0.05) is 11.1 Å². The van der Waals surface area contributed by atoms with Crippen LogP contribution in [0.25, 0.3) is 6.08 Å². The average molecular weight is 415 g/mol. The molecule has 0 bridgehead atoms. The number of methoxy groups -OCH3 is 2. The highest BCUT2D eigenvalue weighted by Gasteiger charge is 2.34. The van der Waals surface area contributed by atoms with Crippen molar-refractivity contribution in [3.8, 4) is 11.5 Å². The maximum atomic E-state index is 12.8. The van der Waals surface area contributed by atoms with Gasteiger partial charge in [-0.15, -0.1) is 0 Å². The lowest BCUT2D eigenvalue weighted by molar-refractivity contribution is -0.123. The molecule has 28 heavy (non-hydrogen) atoms.